The van der Waals surface area contributed by atoms with Gasteiger partial charge in [0, 0.05) is 22.7 Å². The van der Waals surface area contributed by atoms with E-state index in [2.05, 4.69) is 20.7 Å². The van der Waals surface area contributed by atoms with Crippen molar-refractivity contribution in [2.24, 2.45) is 5.73 Å². The van der Waals surface area contributed by atoms with Gasteiger partial charge in [-0.25, -0.2) is 13.1 Å². The van der Waals surface area contributed by atoms with Crippen molar-refractivity contribution in [2.75, 3.05) is 6.26 Å². The van der Waals surface area contributed by atoms with E-state index in [1.807, 2.05) is 6.26 Å². The largest absolute Gasteiger partial charge is 0.326 e. The van der Waals surface area contributed by atoms with Gasteiger partial charge in [0.2, 0.25) is 10.0 Å². The zero-order chi connectivity index (χ0) is 14.8. The van der Waals surface area contributed by atoms with Gasteiger partial charge in [0.25, 0.3) is 0 Å². The second-order valence-corrected chi connectivity index (χ2v) is 10.1. The van der Waals surface area contributed by atoms with E-state index in [1.54, 1.807) is 17.8 Å². The van der Waals surface area contributed by atoms with Gasteiger partial charge in [-0.3, -0.25) is 0 Å². The third-order valence-electron chi connectivity index (χ3n) is 3.51. The van der Waals surface area contributed by atoms with E-state index in [0.717, 1.165) is 24.1 Å². The maximum Gasteiger partial charge on any atom is 0.242 e. The Morgan fingerprint density at radius 3 is 2.80 bits per heavy atom. The highest BCUT2D eigenvalue weighted by atomic mass is 79.9. The molecule has 0 radical (unpaired) electrons. The third kappa shape index (κ3) is 3.78. The van der Waals surface area contributed by atoms with Gasteiger partial charge in [-0.2, -0.15) is 11.8 Å². The molecule has 0 bridgehead atoms. The highest BCUT2D eigenvalue weighted by Gasteiger charge is 2.30. The predicted octanol–water partition coefficient (Wildman–Crippen LogP) is 2.92. The van der Waals surface area contributed by atoms with E-state index in [1.165, 1.54) is 17.8 Å². The van der Waals surface area contributed by atoms with Crippen LogP contribution in [0.2, 0.25) is 0 Å². The zero-order valence-electron chi connectivity index (χ0n) is 11.3. The molecule has 1 aliphatic carbocycles. The van der Waals surface area contributed by atoms with Crippen molar-refractivity contribution in [2.45, 2.75) is 48.4 Å². The Kier molecular flexibility index (Phi) is 5.96. The minimum absolute atomic E-state index is 0.0249. The van der Waals surface area contributed by atoms with Crippen LogP contribution in [0, 0.1) is 0 Å². The molecule has 1 heterocycles. The van der Waals surface area contributed by atoms with Crippen LogP contribution in [0.1, 0.15) is 30.6 Å². The molecule has 0 aromatic carbocycles. The maximum atomic E-state index is 12.5. The average Bonchev–Trinajstić information content (AvgIpc) is 2.81. The molecule has 0 amide bonds. The van der Waals surface area contributed by atoms with Crippen LogP contribution >= 0.6 is 39.0 Å². The molecule has 2 unspecified atom stereocenters. The molecule has 2 atom stereocenters. The molecule has 20 heavy (non-hydrogen) atoms. The first-order chi connectivity index (χ1) is 9.47. The minimum atomic E-state index is -3.48. The second kappa shape index (κ2) is 7.11. The molecular formula is C12H19BrN2O2S3. The number of hydrogen-bond donors (Lipinski definition) is 2. The Balaban J connectivity index is 2.19. The number of rotatable bonds is 5. The SMILES string of the molecule is CSC1CCCCC1NS(=O)(=O)c1cc(CN)sc1Br. The lowest BCUT2D eigenvalue weighted by Crippen LogP contribution is -2.43. The summed E-state index contributed by atoms with van der Waals surface area (Å²) in [5, 5.41) is 0.366. The monoisotopic (exact) mass is 398 g/mol. The summed E-state index contributed by atoms with van der Waals surface area (Å²) >= 11 is 6.45. The summed E-state index contributed by atoms with van der Waals surface area (Å²) in [6.07, 6.45) is 6.31. The van der Waals surface area contributed by atoms with Crippen LogP contribution < -0.4 is 10.5 Å². The van der Waals surface area contributed by atoms with Crippen molar-refractivity contribution in [1.29, 1.82) is 0 Å². The number of nitrogens with two attached hydrogens (primary N) is 1. The standard InChI is InChI=1S/C12H19BrN2O2S3/c1-18-10-5-3-2-4-9(10)15-20(16,17)11-6-8(7-14)19-12(11)13/h6,9-10,15H,2-5,7,14H2,1H3. The first-order valence-electron chi connectivity index (χ1n) is 6.51. The number of hydrogen-bond acceptors (Lipinski definition) is 5. The fraction of sp³-hybridized carbons (Fsp3) is 0.667. The molecular weight excluding hydrogens is 380 g/mol. The Morgan fingerprint density at radius 1 is 1.50 bits per heavy atom. The Morgan fingerprint density at radius 2 is 2.20 bits per heavy atom. The van der Waals surface area contributed by atoms with Crippen LogP contribution in [-0.2, 0) is 16.6 Å². The van der Waals surface area contributed by atoms with Crippen molar-refractivity contribution in [1.82, 2.24) is 4.72 Å². The minimum Gasteiger partial charge on any atom is -0.326 e. The molecule has 1 saturated carbocycles. The van der Waals surface area contributed by atoms with Crippen LogP contribution in [0.3, 0.4) is 0 Å². The van der Waals surface area contributed by atoms with E-state index in [9.17, 15) is 8.42 Å². The molecule has 1 aliphatic rings. The average molecular weight is 399 g/mol. The molecule has 3 N–H and O–H groups in total. The summed E-state index contributed by atoms with van der Waals surface area (Å²) in [6.45, 7) is 0.357. The highest BCUT2D eigenvalue weighted by molar-refractivity contribution is 9.11. The topological polar surface area (TPSA) is 72.2 Å². The van der Waals surface area contributed by atoms with Gasteiger partial charge in [0.1, 0.15) is 4.90 Å². The first kappa shape index (κ1) is 16.8. The van der Waals surface area contributed by atoms with Crippen molar-refractivity contribution >= 4 is 49.1 Å². The quantitative estimate of drug-likeness (QED) is 0.799. The van der Waals surface area contributed by atoms with Gasteiger partial charge >= 0.3 is 0 Å². The molecule has 2 rings (SSSR count). The number of halogens is 1. The van der Waals surface area contributed by atoms with Gasteiger partial charge in [-0.05, 0) is 41.1 Å². The van der Waals surface area contributed by atoms with E-state index in [-0.39, 0.29) is 6.04 Å². The summed E-state index contributed by atoms with van der Waals surface area (Å²) in [6, 6.07) is 1.69. The van der Waals surface area contributed by atoms with Crippen LogP contribution in [0.15, 0.2) is 14.7 Å². The van der Waals surface area contributed by atoms with Crippen LogP contribution in [0.25, 0.3) is 0 Å². The Hall–Kier alpha value is 0.400. The van der Waals surface area contributed by atoms with Gasteiger partial charge < -0.3 is 5.73 Å². The second-order valence-electron chi connectivity index (χ2n) is 4.84. The van der Waals surface area contributed by atoms with Crippen LogP contribution in [-0.4, -0.2) is 26.0 Å². The molecule has 4 nitrogen and oxygen atoms in total. The normalized spacial score (nSPS) is 23.9. The molecule has 0 spiro atoms. The lowest BCUT2D eigenvalue weighted by Gasteiger charge is -2.30. The lowest BCUT2D eigenvalue weighted by atomic mass is 9.96. The van der Waals surface area contributed by atoms with Crippen molar-refractivity contribution in [3.63, 3.8) is 0 Å². The van der Waals surface area contributed by atoms with Crippen LogP contribution in [0.5, 0.6) is 0 Å². The summed E-state index contributed by atoms with van der Waals surface area (Å²) < 4.78 is 28.6. The van der Waals surface area contributed by atoms with E-state index in [4.69, 9.17) is 5.73 Å². The summed E-state index contributed by atoms with van der Waals surface area (Å²) in [7, 11) is -3.48. The van der Waals surface area contributed by atoms with Gasteiger partial charge in [-0.1, -0.05) is 12.8 Å². The molecule has 8 heteroatoms. The zero-order valence-corrected chi connectivity index (χ0v) is 15.3. The first-order valence-corrected chi connectivity index (χ1v) is 10.9. The summed E-state index contributed by atoms with van der Waals surface area (Å²) in [5.41, 5.74) is 5.57. The van der Waals surface area contributed by atoms with Crippen molar-refractivity contribution < 1.29 is 8.42 Å². The molecule has 1 aromatic rings. The van der Waals surface area contributed by atoms with Gasteiger partial charge in [0.05, 0.1) is 3.79 Å². The number of thioether (sulfide) groups is 1. The third-order valence-corrected chi connectivity index (χ3v) is 8.44. The number of nitrogens with one attached hydrogen (secondary N) is 1. The Labute approximate surface area is 137 Å². The fourth-order valence-corrected chi connectivity index (χ4v) is 7.35. The van der Waals surface area contributed by atoms with Gasteiger partial charge in [0.15, 0.2) is 0 Å². The summed E-state index contributed by atoms with van der Waals surface area (Å²) in [4.78, 5) is 1.18. The number of sulfonamides is 1. The van der Waals surface area contributed by atoms with E-state index in [0.29, 0.717) is 20.5 Å². The molecule has 114 valence electrons. The lowest BCUT2D eigenvalue weighted by molar-refractivity contribution is 0.423. The number of thiophene rings is 1. The fourth-order valence-electron chi connectivity index (χ4n) is 2.46. The van der Waals surface area contributed by atoms with E-state index < -0.39 is 10.0 Å². The summed E-state index contributed by atoms with van der Waals surface area (Å²) in [5.74, 6) is 0. The van der Waals surface area contributed by atoms with E-state index >= 15 is 0 Å². The van der Waals surface area contributed by atoms with Crippen molar-refractivity contribution in [3.8, 4) is 0 Å². The molecule has 0 saturated heterocycles. The van der Waals surface area contributed by atoms with Gasteiger partial charge in [-0.15, -0.1) is 11.3 Å². The molecule has 0 aliphatic heterocycles. The smallest absolute Gasteiger partial charge is 0.242 e. The van der Waals surface area contributed by atoms with Crippen molar-refractivity contribution in [3.05, 3.63) is 14.7 Å². The highest BCUT2D eigenvalue weighted by Crippen LogP contribution is 2.33. The molecule has 1 aromatic heterocycles. The molecule has 1 fully saturated rings. The maximum absolute atomic E-state index is 12.5. The van der Waals surface area contributed by atoms with Crippen LogP contribution in [0.4, 0.5) is 0 Å². The predicted molar refractivity (Wildman–Crippen MR) is 89.8 cm³/mol. The Bertz CT molecular complexity index is 559.